The molecule has 0 amide bonds. The van der Waals surface area contributed by atoms with Crippen molar-refractivity contribution in [3.63, 3.8) is 0 Å². The van der Waals surface area contributed by atoms with E-state index in [1.165, 1.54) is 18.4 Å². The summed E-state index contributed by atoms with van der Waals surface area (Å²) in [7, 11) is 0. The Morgan fingerprint density at radius 1 is 1.25 bits per heavy atom. The highest BCUT2D eigenvalue weighted by Gasteiger charge is 2.29. The van der Waals surface area contributed by atoms with Crippen LogP contribution in [0.5, 0.6) is 0 Å². The Balaban J connectivity index is 1.34. The van der Waals surface area contributed by atoms with Gasteiger partial charge in [0.05, 0.1) is 13.2 Å². The number of rotatable bonds is 5. The average Bonchev–Trinajstić information content (AvgIpc) is 2.42. The van der Waals surface area contributed by atoms with Gasteiger partial charge in [-0.05, 0) is 36.5 Å². The molecule has 1 aliphatic heterocycles. The van der Waals surface area contributed by atoms with Crippen LogP contribution in [0, 0.1) is 0 Å². The monoisotopic (exact) mass is 294 g/mol. The fourth-order valence-electron chi connectivity index (χ4n) is 3.07. The highest BCUT2D eigenvalue weighted by Crippen LogP contribution is 2.37. The summed E-state index contributed by atoms with van der Waals surface area (Å²) in [4.78, 5) is 2.48. The Morgan fingerprint density at radius 3 is 2.80 bits per heavy atom. The van der Waals surface area contributed by atoms with Crippen LogP contribution in [-0.4, -0.2) is 50.3 Å². The molecule has 110 valence electrons. The summed E-state index contributed by atoms with van der Waals surface area (Å²) in [6, 6.07) is 8.98. The largest absolute Gasteiger partial charge is 0.379 e. The van der Waals surface area contributed by atoms with Gasteiger partial charge in [0.2, 0.25) is 0 Å². The number of halogens is 1. The third kappa shape index (κ3) is 3.73. The summed E-state index contributed by atoms with van der Waals surface area (Å²) >= 11 is 6.04. The first-order chi connectivity index (χ1) is 9.81. The van der Waals surface area contributed by atoms with Crippen molar-refractivity contribution in [2.45, 2.75) is 24.8 Å². The molecule has 1 heterocycles. The quantitative estimate of drug-likeness (QED) is 0.903. The molecule has 1 aromatic rings. The Kier molecular flexibility index (Phi) is 4.94. The predicted octanol–water partition coefficient (Wildman–Crippen LogP) is 2.51. The molecule has 1 saturated heterocycles. The summed E-state index contributed by atoms with van der Waals surface area (Å²) < 4.78 is 5.36. The van der Waals surface area contributed by atoms with Gasteiger partial charge in [0, 0.05) is 37.2 Å². The Bertz CT molecular complexity index is 428. The summed E-state index contributed by atoms with van der Waals surface area (Å²) in [5.74, 6) is 0.689. The Labute approximate surface area is 126 Å². The molecule has 3 nitrogen and oxygen atoms in total. The molecule has 4 heteroatoms. The normalized spacial score (nSPS) is 27.2. The number of hydrogen-bond donors (Lipinski definition) is 1. The number of ether oxygens (including phenoxy) is 1. The number of nitrogens with one attached hydrogen (secondary N) is 1. The maximum absolute atomic E-state index is 6.04. The lowest BCUT2D eigenvalue weighted by molar-refractivity contribution is 0.0376. The molecule has 0 aromatic heterocycles. The van der Waals surface area contributed by atoms with Crippen molar-refractivity contribution >= 4 is 11.6 Å². The lowest BCUT2D eigenvalue weighted by Gasteiger charge is -2.37. The second kappa shape index (κ2) is 6.90. The predicted molar refractivity (Wildman–Crippen MR) is 82.5 cm³/mol. The topological polar surface area (TPSA) is 24.5 Å². The Morgan fingerprint density at radius 2 is 2.05 bits per heavy atom. The molecule has 3 rings (SSSR count). The van der Waals surface area contributed by atoms with E-state index in [9.17, 15) is 0 Å². The van der Waals surface area contributed by atoms with Gasteiger partial charge in [0.25, 0.3) is 0 Å². The number of hydrogen-bond acceptors (Lipinski definition) is 3. The van der Waals surface area contributed by atoms with E-state index in [0.29, 0.717) is 12.0 Å². The molecule has 20 heavy (non-hydrogen) atoms. The molecule has 2 fully saturated rings. The van der Waals surface area contributed by atoms with Gasteiger partial charge >= 0.3 is 0 Å². The van der Waals surface area contributed by atoms with Crippen molar-refractivity contribution in [2.24, 2.45) is 0 Å². The van der Waals surface area contributed by atoms with Crippen LogP contribution in [0.1, 0.15) is 24.3 Å². The molecule has 0 atom stereocenters. The third-order valence-electron chi connectivity index (χ3n) is 4.42. The van der Waals surface area contributed by atoms with E-state index >= 15 is 0 Å². The van der Waals surface area contributed by atoms with E-state index in [1.54, 1.807) is 0 Å². The molecule has 0 spiro atoms. The fourth-order valence-corrected chi connectivity index (χ4v) is 3.27. The van der Waals surface area contributed by atoms with Crippen molar-refractivity contribution in [2.75, 3.05) is 39.4 Å². The van der Waals surface area contributed by atoms with E-state index in [1.807, 2.05) is 6.07 Å². The van der Waals surface area contributed by atoms with Crippen LogP contribution >= 0.6 is 11.6 Å². The molecule has 1 N–H and O–H groups in total. The van der Waals surface area contributed by atoms with Gasteiger partial charge in [-0.2, -0.15) is 0 Å². The van der Waals surface area contributed by atoms with Crippen molar-refractivity contribution in [1.29, 1.82) is 0 Å². The minimum Gasteiger partial charge on any atom is -0.379 e. The smallest absolute Gasteiger partial charge is 0.0594 e. The Hall–Kier alpha value is -0.610. The zero-order valence-corrected chi connectivity index (χ0v) is 12.6. The van der Waals surface area contributed by atoms with E-state index in [2.05, 4.69) is 28.4 Å². The minimum absolute atomic E-state index is 0.681. The molecule has 2 aliphatic rings. The van der Waals surface area contributed by atoms with Crippen LogP contribution in [0.4, 0.5) is 0 Å². The summed E-state index contributed by atoms with van der Waals surface area (Å²) in [6.07, 6.45) is 2.48. The lowest BCUT2D eigenvalue weighted by Crippen LogP contribution is -2.45. The third-order valence-corrected chi connectivity index (χ3v) is 4.66. The summed E-state index contributed by atoms with van der Waals surface area (Å²) in [5, 5.41) is 4.52. The second-order valence-electron chi connectivity index (χ2n) is 5.83. The van der Waals surface area contributed by atoms with E-state index < -0.39 is 0 Å². The minimum atomic E-state index is 0.681. The number of morpholine rings is 1. The molecular weight excluding hydrogens is 272 g/mol. The van der Waals surface area contributed by atoms with Crippen LogP contribution in [0.15, 0.2) is 24.3 Å². The van der Waals surface area contributed by atoms with Gasteiger partial charge in [-0.3, -0.25) is 4.90 Å². The molecule has 0 unspecified atom stereocenters. The van der Waals surface area contributed by atoms with Crippen LogP contribution in [0.2, 0.25) is 5.02 Å². The van der Waals surface area contributed by atoms with E-state index in [-0.39, 0.29) is 0 Å². The van der Waals surface area contributed by atoms with Gasteiger partial charge in [0.15, 0.2) is 0 Å². The first-order valence-electron chi connectivity index (χ1n) is 7.60. The van der Waals surface area contributed by atoms with Gasteiger partial charge in [-0.15, -0.1) is 0 Å². The molecule has 1 aliphatic carbocycles. The number of benzene rings is 1. The highest BCUT2D eigenvalue weighted by atomic mass is 35.5. The summed E-state index contributed by atoms with van der Waals surface area (Å²) in [5.41, 5.74) is 1.39. The standard InChI is InChI=1S/C16H23ClN2O/c17-15-3-1-2-13(10-15)14-11-16(12-14)18-4-5-19-6-8-20-9-7-19/h1-3,10,14,16,18H,4-9,11-12H2. The maximum atomic E-state index is 6.04. The van der Waals surface area contributed by atoms with Crippen molar-refractivity contribution < 1.29 is 4.74 Å². The molecule has 0 bridgehead atoms. The summed E-state index contributed by atoms with van der Waals surface area (Å²) in [6.45, 7) is 6.17. The molecule has 0 radical (unpaired) electrons. The van der Waals surface area contributed by atoms with Crippen LogP contribution in [0.25, 0.3) is 0 Å². The average molecular weight is 295 g/mol. The van der Waals surface area contributed by atoms with Gasteiger partial charge in [0.1, 0.15) is 0 Å². The van der Waals surface area contributed by atoms with Crippen LogP contribution < -0.4 is 5.32 Å². The SMILES string of the molecule is Clc1cccc(C2CC(NCCN3CCOCC3)C2)c1. The lowest BCUT2D eigenvalue weighted by atomic mass is 9.76. The molecule has 1 saturated carbocycles. The first kappa shape index (κ1) is 14.3. The zero-order valence-electron chi connectivity index (χ0n) is 11.9. The zero-order chi connectivity index (χ0) is 13.8. The molecular formula is C16H23ClN2O. The van der Waals surface area contributed by atoms with Crippen molar-refractivity contribution in [3.8, 4) is 0 Å². The van der Waals surface area contributed by atoms with Crippen LogP contribution in [0.3, 0.4) is 0 Å². The van der Waals surface area contributed by atoms with Gasteiger partial charge in [-0.25, -0.2) is 0 Å². The van der Waals surface area contributed by atoms with E-state index in [4.69, 9.17) is 16.3 Å². The molecule has 1 aromatic carbocycles. The first-order valence-corrected chi connectivity index (χ1v) is 7.98. The highest BCUT2D eigenvalue weighted by molar-refractivity contribution is 6.30. The van der Waals surface area contributed by atoms with E-state index in [0.717, 1.165) is 44.4 Å². The van der Waals surface area contributed by atoms with Crippen molar-refractivity contribution in [1.82, 2.24) is 10.2 Å². The fraction of sp³-hybridized carbons (Fsp3) is 0.625. The van der Waals surface area contributed by atoms with Gasteiger partial charge < -0.3 is 10.1 Å². The second-order valence-corrected chi connectivity index (χ2v) is 6.26. The number of nitrogens with zero attached hydrogens (tertiary/aromatic N) is 1. The maximum Gasteiger partial charge on any atom is 0.0594 e. The van der Waals surface area contributed by atoms with Crippen LogP contribution in [-0.2, 0) is 4.74 Å². The van der Waals surface area contributed by atoms with Gasteiger partial charge in [-0.1, -0.05) is 23.7 Å². The van der Waals surface area contributed by atoms with Crippen molar-refractivity contribution in [3.05, 3.63) is 34.9 Å².